The number of carbonyl (C=O) groups is 1. The van der Waals surface area contributed by atoms with Crippen LogP contribution in [0.4, 0.5) is 5.69 Å². The molecule has 0 radical (unpaired) electrons. The number of nitrogens with zero attached hydrogens (tertiary/aromatic N) is 2. The Morgan fingerprint density at radius 1 is 1.21 bits per heavy atom. The van der Waals surface area contributed by atoms with E-state index in [1.54, 1.807) is 19.1 Å². The van der Waals surface area contributed by atoms with Crippen molar-refractivity contribution in [1.29, 1.82) is 0 Å². The van der Waals surface area contributed by atoms with Gasteiger partial charge in [0.1, 0.15) is 0 Å². The predicted molar refractivity (Wildman–Crippen MR) is 93.0 cm³/mol. The Bertz CT molecular complexity index is 730. The largest absolute Gasteiger partial charge is 0.350 e. The number of benzene rings is 2. The maximum absolute atomic E-state index is 12.3. The van der Waals surface area contributed by atoms with Crippen molar-refractivity contribution in [3.8, 4) is 0 Å². The minimum absolute atomic E-state index is 0.0237. The lowest BCUT2D eigenvalue weighted by atomic mass is 10.1. The molecule has 1 unspecified atom stereocenters. The molecule has 0 fully saturated rings. The van der Waals surface area contributed by atoms with Crippen molar-refractivity contribution in [3.05, 3.63) is 75.3 Å². The maximum atomic E-state index is 12.3. The third-order valence-corrected chi connectivity index (χ3v) is 3.93. The molecule has 0 heterocycles. The SMILES string of the molecule is Cc1ccc(C(=O)NCC(c2ccccc2)N(C)C)cc1[N+](=O)[O-]. The zero-order valence-corrected chi connectivity index (χ0v) is 14.0. The number of rotatable bonds is 6. The number of nitro groups is 1. The minimum atomic E-state index is -0.474. The van der Waals surface area contributed by atoms with E-state index in [1.165, 1.54) is 6.07 Å². The highest BCUT2D eigenvalue weighted by Crippen LogP contribution is 2.20. The first-order chi connectivity index (χ1) is 11.4. The Kier molecular flexibility index (Phi) is 5.65. The Hall–Kier alpha value is -2.73. The summed E-state index contributed by atoms with van der Waals surface area (Å²) in [6.07, 6.45) is 0. The summed E-state index contributed by atoms with van der Waals surface area (Å²) in [7, 11) is 3.89. The number of hydrogen-bond acceptors (Lipinski definition) is 4. The number of aryl methyl sites for hydroxylation is 1. The molecule has 2 aromatic rings. The summed E-state index contributed by atoms with van der Waals surface area (Å²) in [6, 6.07) is 14.4. The summed E-state index contributed by atoms with van der Waals surface area (Å²) in [5.74, 6) is -0.319. The number of nitro benzene ring substituents is 1. The Balaban J connectivity index is 2.12. The molecule has 0 aliphatic carbocycles. The van der Waals surface area contributed by atoms with Crippen molar-refractivity contribution >= 4 is 11.6 Å². The summed E-state index contributed by atoms with van der Waals surface area (Å²) < 4.78 is 0. The van der Waals surface area contributed by atoms with E-state index in [0.717, 1.165) is 5.56 Å². The lowest BCUT2D eigenvalue weighted by Crippen LogP contribution is -2.34. The van der Waals surface area contributed by atoms with Crippen molar-refractivity contribution in [2.75, 3.05) is 20.6 Å². The van der Waals surface area contributed by atoms with E-state index in [1.807, 2.05) is 49.3 Å². The normalized spacial score (nSPS) is 12.0. The van der Waals surface area contributed by atoms with Crippen molar-refractivity contribution in [2.45, 2.75) is 13.0 Å². The molecular weight excluding hydrogens is 306 g/mol. The second-order valence-corrected chi connectivity index (χ2v) is 5.86. The van der Waals surface area contributed by atoms with Gasteiger partial charge in [-0.15, -0.1) is 0 Å². The van der Waals surface area contributed by atoms with Gasteiger partial charge in [0.05, 0.1) is 11.0 Å². The molecule has 6 nitrogen and oxygen atoms in total. The van der Waals surface area contributed by atoms with Gasteiger partial charge in [-0.3, -0.25) is 14.9 Å². The number of likely N-dealkylation sites (N-methyl/N-ethyl adjacent to an activating group) is 1. The van der Waals surface area contributed by atoms with Crippen molar-refractivity contribution < 1.29 is 9.72 Å². The van der Waals surface area contributed by atoms with Crippen LogP contribution in [0.15, 0.2) is 48.5 Å². The summed E-state index contributed by atoms with van der Waals surface area (Å²) in [4.78, 5) is 24.9. The van der Waals surface area contributed by atoms with Crippen LogP contribution in [0.3, 0.4) is 0 Å². The van der Waals surface area contributed by atoms with Crippen LogP contribution in [0.25, 0.3) is 0 Å². The minimum Gasteiger partial charge on any atom is -0.350 e. The summed E-state index contributed by atoms with van der Waals surface area (Å²) in [6.45, 7) is 2.06. The van der Waals surface area contributed by atoms with Crippen molar-refractivity contribution in [1.82, 2.24) is 10.2 Å². The van der Waals surface area contributed by atoms with Gasteiger partial charge in [0.15, 0.2) is 0 Å². The standard InChI is InChI=1S/C18H21N3O3/c1-13-9-10-15(11-16(13)21(23)24)18(22)19-12-17(20(2)3)14-7-5-4-6-8-14/h4-11,17H,12H2,1-3H3,(H,19,22). The van der Waals surface area contributed by atoms with Crippen LogP contribution in [0.2, 0.25) is 0 Å². The van der Waals surface area contributed by atoms with Gasteiger partial charge in [0.2, 0.25) is 0 Å². The molecule has 126 valence electrons. The molecule has 1 atom stereocenters. The third-order valence-electron chi connectivity index (χ3n) is 3.93. The quantitative estimate of drug-likeness (QED) is 0.654. The van der Waals surface area contributed by atoms with Gasteiger partial charge in [-0.05, 0) is 32.6 Å². The average molecular weight is 327 g/mol. The predicted octanol–water partition coefficient (Wildman–Crippen LogP) is 2.94. The summed E-state index contributed by atoms with van der Waals surface area (Å²) in [5, 5.41) is 13.9. The summed E-state index contributed by atoms with van der Waals surface area (Å²) >= 11 is 0. The molecule has 0 spiro atoms. The van der Waals surface area contributed by atoms with Crippen molar-refractivity contribution in [2.24, 2.45) is 0 Å². The molecule has 0 aliphatic heterocycles. The van der Waals surface area contributed by atoms with Crippen LogP contribution in [0, 0.1) is 17.0 Å². The topological polar surface area (TPSA) is 75.5 Å². The molecule has 1 N–H and O–H groups in total. The highest BCUT2D eigenvalue weighted by Gasteiger charge is 2.18. The molecule has 0 bridgehead atoms. The molecule has 0 aromatic heterocycles. The number of hydrogen-bond donors (Lipinski definition) is 1. The van der Waals surface area contributed by atoms with Crippen LogP contribution < -0.4 is 5.32 Å². The fourth-order valence-electron chi connectivity index (χ4n) is 2.51. The molecule has 0 aliphatic rings. The molecule has 1 amide bonds. The molecule has 2 rings (SSSR count). The molecule has 6 heteroatoms. The average Bonchev–Trinajstić information content (AvgIpc) is 2.55. The highest BCUT2D eigenvalue weighted by atomic mass is 16.6. The zero-order valence-electron chi connectivity index (χ0n) is 14.0. The number of nitrogens with one attached hydrogen (secondary N) is 1. The molecule has 2 aromatic carbocycles. The second-order valence-electron chi connectivity index (χ2n) is 5.86. The van der Waals surface area contributed by atoms with E-state index in [0.29, 0.717) is 12.1 Å². The lowest BCUT2D eigenvalue weighted by Gasteiger charge is -2.25. The first kappa shape index (κ1) is 17.6. The van der Waals surface area contributed by atoms with Crippen molar-refractivity contribution in [3.63, 3.8) is 0 Å². The van der Waals surface area contributed by atoms with Crippen LogP contribution in [0.5, 0.6) is 0 Å². The smallest absolute Gasteiger partial charge is 0.273 e. The van der Waals surface area contributed by atoms with Gasteiger partial charge in [-0.25, -0.2) is 0 Å². The van der Waals surface area contributed by atoms with Crippen LogP contribution in [-0.4, -0.2) is 36.4 Å². The first-order valence-corrected chi connectivity index (χ1v) is 7.64. The van der Waals surface area contributed by atoms with E-state index in [4.69, 9.17) is 0 Å². The molecule has 0 saturated heterocycles. The van der Waals surface area contributed by atoms with Gasteiger partial charge in [0, 0.05) is 23.7 Å². The Labute approximate surface area is 141 Å². The lowest BCUT2D eigenvalue weighted by molar-refractivity contribution is -0.385. The van der Waals surface area contributed by atoms with Gasteiger partial charge >= 0.3 is 0 Å². The van der Waals surface area contributed by atoms with E-state index in [2.05, 4.69) is 5.32 Å². The molecule has 24 heavy (non-hydrogen) atoms. The van der Waals surface area contributed by atoms with Gasteiger partial charge in [-0.1, -0.05) is 36.4 Å². The first-order valence-electron chi connectivity index (χ1n) is 7.64. The monoisotopic (exact) mass is 327 g/mol. The third kappa shape index (κ3) is 4.17. The van der Waals surface area contributed by atoms with E-state index in [-0.39, 0.29) is 23.2 Å². The van der Waals surface area contributed by atoms with Crippen LogP contribution in [-0.2, 0) is 0 Å². The van der Waals surface area contributed by atoms with E-state index in [9.17, 15) is 14.9 Å². The second kappa shape index (κ2) is 7.70. The van der Waals surface area contributed by atoms with Gasteiger partial charge < -0.3 is 10.2 Å². The number of amides is 1. The van der Waals surface area contributed by atoms with E-state index >= 15 is 0 Å². The van der Waals surface area contributed by atoms with Gasteiger partial charge in [-0.2, -0.15) is 0 Å². The van der Waals surface area contributed by atoms with Crippen LogP contribution in [0.1, 0.15) is 27.5 Å². The fourth-order valence-corrected chi connectivity index (χ4v) is 2.51. The maximum Gasteiger partial charge on any atom is 0.273 e. The van der Waals surface area contributed by atoms with Crippen LogP contribution >= 0.6 is 0 Å². The Morgan fingerprint density at radius 3 is 2.46 bits per heavy atom. The zero-order chi connectivity index (χ0) is 17.7. The molecule has 0 saturated carbocycles. The Morgan fingerprint density at radius 2 is 1.88 bits per heavy atom. The van der Waals surface area contributed by atoms with E-state index < -0.39 is 4.92 Å². The fraction of sp³-hybridized carbons (Fsp3) is 0.278. The highest BCUT2D eigenvalue weighted by molar-refractivity contribution is 5.95. The number of carbonyl (C=O) groups excluding carboxylic acids is 1. The summed E-state index contributed by atoms with van der Waals surface area (Å²) in [5.41, 5.74) is 1.87. The molecular formula is C18H21N3O3. The van der Waals surface area contributed by atoms with Gasteiger partial charge in [0.25, 0.3) is 11.6 Å².